The van der Waals surface area contributed by atoms with Gasteiger partial charge in [0.1, 0.15) is 12.4 Å². The summed E-state index contributed by atoms with van der Waals surface area (Å²) in [4.78, 5) is 18.0. The Hall–Kier alpha value is -2.95. The van der Waals surface area contributed by atoms with E-state index >= 15 is 0 Å². The van der Waals surface area contributed by atoms with Gasteiger partial charge in [0.15, 0.2) is 0 Å². The molecule has 3 aromatic rings. The lowest BCUT2D eigenvalue weighted by Gasteiger charge is -2.33. The van der Waals surface area contributed by atoms with Crippen LogP contribution in [-0.4, -0.2) is 35.6 Å². The number of hydrogen-bond donors (Lipinski definition) is 2. The van der Waals surface area contributed by atoms with E-state index in [9.17, 15) is 4.79 Å². The molecule has 0 spiro atoms. The largest absolute Gasteiger partial charge is 0.492 e. The minimum atomic E-state index is -0.0420. The van der Waals surface area contributed by atoms with Crippen LogP contribution in [0.3, 0.4) is 0 Å². The van der Waals surface area contributed by atoms with Crippen molar-refractivity contribution in [2.24, 2.45) is 0 Å². The van der Waals surface area contributed by atoms with Gasteiger partial charge in [0.25, 0.3) is 0 Å². The second-order valence-electron chi connectivity index (χ2n) is 7.08. The normalized spacial score (nSPS) is 16.2. The zero-order valence-corrected chi connectivity index (χ0v) is 15.8. The molecule has 2 N–H and O–H groups in total. The highest BCUT2D eigenvalue weighted by atomic mass is 16.5. The van der Waals surface area contributed by atoms with E-state index in [0.29, 0.717) is 13.2 Å². The third-order valence-corrected chi connectivity index (χ3v) is 5.23. The second-order valence-corrected chi connectivity index (χ2v) is 7.08. The summed E-state index contributed by atoms with van der Waals surface area (Å²) in [5.41, 5.74) is 4.79. The molecule has 1 aliphatic rings. The molecule has 27 heavy (non-hydrogen) atoms. The van der Waals surface area contributed by atoms with Crippen LogP contribution in [0.2, 0.25) is 0 Å². The number of rotatable bonds is 4. The number of fused-ring (bicyclic) bond motifs is 3. The number of amides is 2. The van der Waals surface area contributed by atoms with Gasteiger partial charge >= 0.3 is 6.03 Å². The third-order valence-electron chi connectivity index (χ3n) is 5.23. The summed E-state index contributed by atoms with van der Waals surface area (Å²) in [5, 5.41) is 4.25. The van der Waals surface area contributed by atoms with Gasteiger partial charge in [-0.15, -0.1) is 0 Å². The van der Waals surface area contributed by atoms with E-state index in [1.165, 1.54) is 10.9 Å². The molecule has 1 aromatic heterocycles. The molecule has 0 saturated carbocycles. The van der Waals surface area contributed by atoms with Crippen molar-refractivity contribution in [1.29, 1.82) is 0 Å². The first kappa shape index (κ1) is 17.5. The number of carbonyl (C=O) groups excluding carboxylic acids is 1. The number of aromatic nitrogens is 1. The van der Waals surface area contributed by atoms with Crippen molar-refractivity contribution < 1.29 is 9.53 Å². The van der Waals surface area contributed by atoms with Gasteiger partial charge in [0.2, 0.25) is 0 Å². The Bertz CT molecular complexity index is 963. The third kappa shape index (κ3) is 3.50. The number of H-pyrrole nitrogens is 1. The molecular formula is C22H25N3O2. The van der Waals surface area contributed by atoms with Crippen molar-refractivity contribution in [3.63, 3.8) is 0 Å². The van der Waals surface area contributed by atoms with Crippen LogP contribution in [0.4, 0.5) is 4.79 Å². The average Bonchev–Trinajstić information content (AvgIpc) is 3.05. The molecule has 0 aliphatic carbocycles. The molecule has 5 heteroatoms. The molecule has 1 aliphatic heterocycles. The minimum Gasteiger partial charge on any atom is -0.492 e. The van der Waals surface area contributed by atoms with Gasteiger partial charge in [-0.05, 0) is 49.6 Å². The average molecular weight is 363 g/mol. The number of urea groups is 1. The predicted octanol–water partition coefficient (Wildman–Crippen LogP) is 4.18. The van der Waals surface area contributed by atoms with Crippen molar-refractivity contribution in [2.75, 3.05) is 19.7 Å². The quantitative estimate of drug-likeness (QED) is 0.683. The summed E-state index contributed by atoms with van der Waals surface area (Å²) in [7, 11) is 0. The van der Waals surface area contributed by atoms with Gasteiger partial charge in [-0.25, -0.2) is 4.79 Å². The van der Waals surface area contributed by atoms with Crippen LogP contribution in [0.5, 0.6) is 5.75 Å². The van der Waals surface area contributed by atoms with E-state index in [2.05, 4.69) is 35.4 Å². The number of hydrogen-bond acceptors (Lipinski definition) is 2. The molecule has 2 amide bonds. The van der Waals surface area contributed by atoms with Gasteiger partial charge in [-0.1, -0.05) is 30.3 Å². The number of carbonyl (C=O) groups is 1. The van der Waals surface area contributed by atoms with Crippen LogP contribution in [0.1, 0.15) is 29.8 Å². The van der Waals surface area contributed by atoms with Crippen molar-refractivity contribution in [2.45, 2.75) is 26.3 Å². The van der Waals surface area contributed by atoms with Gasteiger partial charge in [0, 0.05) is 23.1 Å². The van der Waals surface area contributed by atoms with E-state index in [0.717, 1.165) is 35.5 Å². The van der Waals surface area contributed by atoms with Crippen molar-refractivity contribution in [3.8, 4) is 5.75 Å². The predicted molar refractivity (Wildman–Crippen MR) is 107 cm³/mol. The highest BCUT2D eigenvalue weighted by molar-refractivity contribution is 5.86. The second kappa shape index (κ2) is 7.35. The summed E-state index contributed by atoms with van der Waals surface area (Å²) in [6.07, 6.45) is 0.872. The number of ether oxygens (including phenoxy) is 1. The fourth-order valence-electron chi connectivity index (χ4n) is 3.84. The molecule has 0 saturated heterocycles. The van der Waals surface area contributed by atoms with Gasteiger partial charge < -0.3 is 19.9 Å². The van der Waals surface area contributed by atoms with Crippen LogP contribution in [-0.2, 0) is 6.42 Å². The zero-order valence-electron chi connectivity index (χ0n) is 15.8. The SMILES string of the molecule is Cc1cccc(OCCNC(=O)N2CCc3c([nH]c4ccccc34)[C@@H]2C)c1. The highest BCUT2D eigenvalue weighted by Gasteiger charge is 2.30. The molecule has 0 unspecified atom stereocenters. The smallest absolute Gasteiger partial charge is 0.318 e. The van der Waals surface area contributed by atoms with Crippen LogP contribution in [0.25, 0.3) is 10.9 Å². The summed E-state index contributed by atoms with van der Waals surface area (Å²) in [5.74, 6) is 0.832. The number of nitrogens with one attached hydrogen (secondary N) is 2. The van der Waals surface area contributed by atoms with Crippen molar-refractivity contribution >= 4 is 16.9 Å². The molecule has 2 aromatic carbocycles. The number of nitrogens with zero attached hydrogens (tertiary/aromatic N) is 1. The number of aryl methyl sites for hydroxylation is 1. The summed E-state index contributed by atoms with van der Waals surface area (Å²) in [6, 6.07) is 16.2. The zero-order chi connectivity index (χ0) is 18.8. The maximum Gasteiger partial charge on any atom is 0.318 e. The Morgan fingerprint density at radius 1 is 1.26 bits per heavy atom. The molecule has 140 valence electrons. The Balaban J connectivity index is 1.35. The standard InChI is InChI=1S/C22H25N3O2/c1-15-6-5-7-17(14-15)27-13-11-23-22(26)25-12-10-19-18-8-3-4-9-20(18)24-21(19)16(25)2/h3-9,14,16,24H,10-13H2,1-2H3,(H,23,26)/t16-/m0/s1. The highest BCUT2D eigenvalue weighted by Crippen LogP contribution is 2.33. The van der Waals surface area contributed by atoms with E-state index in [1.807, 2.05) is 42.2 Å². The summed E-state index contributed by atoms with van der Waals surface area (Å²) in [6.45, 7) is 5.77. The number of aromatic amines is 1. The summed E-state index contributed by atoms with van der Waals surface area (Å²) >= 11 is 0. The maximum atomic E-state index is 12.6. The fourth-order valence-corrected chi connectivity index (χ4v) is 3.84. The summed E-state index contributed by atoms with van der Waals surface area (Å²) < 4.78 is 5.71. The monoisotopic (exact) mass is 363 g/mol. The van der Waals surface area contributed by atoms with Crippen LogP contribution < -0.4 is 10.1 Å². The molecule has 1 atom stereocenters. The molecule has 0 radical (unpaired) electrons. The van der Waals surface area contributed by atoms with Crippen LogP contribution >= 0.6 is 0 Å². The molecule has 0 bridgehead atoms. The minimum absolute atomic E-state index is 0.0267. The Labute approximate surface area is 159 Å². The van der Waals surface area contributed by atoms with Gasteiger partial charge in [-0.2, -0.15) is 0 Å². The van der Waals surface area contributed by atoms with Gasteiger partial charge in [0.05, 0.1) is 12.6 Å². The molecular weight excluding hydrogens is 338 g/mol. The van der Waals surface area contributed by atoms with Gasteiger partial charge in [-0.3, -0.25) is 0 Å². The number of benzene rings is 2. The fraction of sp³-hybridized carbons (Fsp3) is 0.318. The Morgan fingerprint density at radius 3 is 2.96 bits per heavy atom. The molecule has 4 rings (SSSR count). The first-order chi connectivity index (χ1) is 13.1. The molecule has 5 nitrogen and oxygen atoms in total. The Morgan fingerprint density at radius 2 is 2.11 bits per heavy atom. The number of para-hydroxylation sites is 1. The van der Waals surface area contributed by atoms with E-state index in [-0.39, 0.29) is 12.1 Å². The van der Waals surface area contributed by atoms with Crippen molar-refractivity contribution in [1.82, 2.24) is 15.2 Å². The maximum absolute atomic E-state index is 12.6. The van der Waals surface area contributed by atoms with Crippen molar-refractivity contribution in [3.05, 3.63) is 65.4 Å². The van der Waals surface area contributed by atoms with E-state index in [1.54, 1.807) is 0 Å². The van der Waals surface area contributed by atoms with E-state index < -0.39 is 0 Å². The van der Waals surface area contributed by atoms with Crippen LogP contribution in [0, 0.1) is 6.92 Å². The first-order valence-corrected chi connectivity index (χ1v) is 9.47. The molecule has 0 fully saturated rings. The molecule has 2 heterocycles. The topological polar surface area (TPSA) is 57.4 Å². The lowest BCUT2D eigenvalue weighted by atomic mass is 9.99. The lowest BCUT2D eigenvalue weighted by Crippen LogP contribution is -2.45. The van der Waals surface area contributed by atoms with E-state index in [4.69, 9.17) is 4.74 Å². The Kier molecular flexibility index (Phi) is 4.75. The lowest BCUT2D eigenvalue weighted by molar-refractivity contribution is 0.171. The van der Waals surface area contributed by atoms with Crippen LogP contribution in [0.15, 0.2) is 48.5 Å². The first-order valence-electron chi connectivity index (χ1n) is 9.47.